The van der Waals surface area contributed by atoms with Crippen molar-refractivity contribution in [1.29, 1.82) is 0 Å². The van der Waals surface area contributed by atoms with Gasteiger partial charge in [0.1, 0.15) is 5.69 Å². The predicted molar refractivity (Wildman–Crippen MR) is 69.2 cm³/mol. The fourth-order valence-electron chi connectivity index (χ4n) is 1.52. The highest BCUT2D eigenvalue weighted by atomic mass is 16.4. The first-order chi connectivity index (χ1) is 9.29. The van der Waals surface area contributed by atoms with Crippen molar-refractivity contribution in [3.05, 3.63) is 30.3 Å². The summed E-state index contributed by atoms with van der Waals surface area (Å²) in [6.07, 6.45) is 3.38. The number of hydrogen-bond donors (Lipinski definition) is 1. The molecule has 19 heavy (non-hydrogen) atoms. The van der Waals surface area contributed by atoms with Crippen LogP contribution in [0.3, 0.4) is 0 Å². The Bertz CT molecular complexity index is 524. The van der Waals surface area contributed by atoms with Gasteiger partial charge >= 0.3 is 0 Å². The molecule has 0 atom stereocenters. The van der Waals surface area contributed by atoms with Gasteiger partial charge in [0, 0.05) is 25.6 Å². The van der Waals surface area contributed by atoms with Gasteiger partial charge in [-0.1, -0.05) is 13.0 Å². The van der Waals surface area contributed by atoms with E-state index in [1.807, 2.05) is 19.1 Å². The second kappa shape index (κ2) is 6.63. The Morgan fingerprint density at radius 3 is 3.00 bits per heavy atom. The van der Waals surface area contributed by atoms with Crippen LogP contribution in [0.25, 0.3) is 11.6 Å². The fraction of sp³-hybridized carbons (Fsp3) is 0.385. The van der Waals surface area contributed by atoms with E-state index >= 15 is 0 Å². The Hall–Kier alpha value is -2.24. The van der Waals surface area contributed by atoms with Crippen molar-refractivity contribution in [2.24, 2.45) is 0 Å². The van der Waals surface area contributed by atoms with E-state index in [-0.39, 0.29) is 5.91 Å². The van der Waals surface area contributed by atoms with E-state index in [4.69, 9.17) is 4.42 Å². The van der Waals surface area contributed by atoms with Crippen LogP contribution in [0.4, 0.5) is 0 Å². The number of nitrogens with one attached hydrogen (secondary N) is 1. The lowest BCUT2D eigenvalue weighted by Gasteiger charge is -2.00. The minimum absolute atomic E-state index is 0.000522. The van der Waals surface area contributed by atoms with Crippen LogP contribution in [0.2, 0.25) is 0 Å². The molecule has 0 bridgehead atoms. The Balaban J connectivity index is 1.90. The molecule has 0 fully saturated rings. The van der Waals surface area contributed by atoms with Crippen molar-refractivity contribution < 1.29 is 9.21 Å². The molecule has 0 aliphatic heterocycles. The lowest BCUT2D eigenvalue weighted by atomic mass is 10.3. The molecule has 2 aromatic rings. The zero-order chi connectivity index (χ0) is 13.5. The molecule has 0 aliphatic rings. The smallest absolute Gasteiger partial charge is 0.266 e. The molecule has 0 aliphatic carbocycles. The first-order valence-electron chi connectivity index (χ1n) is 6.30. The van der Waals surface area contributed by atoms with Gasteiger partial charge in [-0.25, -0.2) is 0 Å². The Kier molecular flexibility index (Phi) is 4.60. The van der Waals surface area contributed by atoms with Crippen molar-refractivity contribution in [1.82, 2.24) is 20.5 Å². The van der Waals surface area contributed by atoms with E-state index in [1.165, 1.54) is 0 Å². The number of aromatic nitrogens is 3. The Morgan fingerprint density at radius 2 is 2.26 bits per heavy atom. The number of carbonyl (C=O) groups is 1. The van der Waals surface area contributed by atoms with E-state index in [0.717, 1.165) is 6.42 Å². The minimum Gasteiger partial charge on any atom is -0.419 e. The summed E-state index contributed by atoms with van der Waals surface area (Å²) in [5.74, 6) is 0.830. The van der Waals surface area contributed by atoms with Gasteiger partial charge in [0.2, 0.25) is 11.8 Å². The van der Waals surface area contributed by atoms with Crippen LogP contribution in [0.5, 0.6) is 0 Å². The summed E-state index contributed by atoms with van der Waals surface area (Å²) in [7, 11) is 0. The molecule has 1 amide bonds. The largest absolute Gasteiger partial charge is 0.419 e. The maximum Gasteiger partial charge on any atom is 0.266 e. The molecule has 100 valence electrons. The highest BCUT2D eigenvalue weighted by Gasteiger charge is 2.10. The van der Waals surface area contributed by atoms with Crippen LogP contribution in [0.15, 0.2) is 28.8 Å². The summed E-state index contributed by atoms with van der Waals surface area (Å²) in [4.78, 5) is 15.6. The van der Waals surface area contributed by atoms with E-state index in [1.54, 1.807) is 12.3 Å². The zero-order valence-corrected chi connectivity index (χ0v) is 10.8. The Labute approximate surface area is 111 Å². The summed E-state index contributed by atoms with van der Waals surface area (Å²) >= 11 is 0. The molecule has 0 aromatic carbocycles. The van der Waals surface area contributed by atoms with Gasteiger partial charge in [0.05, 0.1) is 0 Å². The third kappa shape index (κ3) is 3.87. The summed E-state index contributed by atoms with van der Waals surface area (Å²) < 4.78 is 5.46. The molecular weight excluding hydrogens is 244 g/mol. The quantitative estimate of drug-likeness (QED) is 0.853. The van der Waals surface area contributed by atoms with Crippen molar-refractivity contribution in [2.45, 2.75) is 26.2 Å². The maximum atomic E-state index is 11.4. The molecule has 0 spiro atoms. The lowest BCUT2D eigenvalue weighted by molar-refractivity contribution is -0.121. The van der Waals surface area contributed by atoms with Gasteiger partial charge in [0.25, 0.3) is 5.89 Å². The number of aryl methyl sites for hydroxylation is 1. The second-order valence-corrected chi connectivity index (χ2v) is 4.07. The van der Waals surface area contributed by atoms with E-state index < -0.39 is 0 Å². The second-order valence-electron chi connectivity index (χ2n) is 4.07. The summed E-state index contributed by atoms with van der Waals surface area (Å²) in [5, 5.41) is 10.6. The average Bonchev–Trinajstić information content (AvgIpc) is 2.93. The van der Waals surface area contributed by atoms with Gasteiger partial charge in [-0.15, -0.1) is 10.2 Å². The lowest BCUT2D eigenvalue weighted by Crippen LogP contribution is -2.24. The third-order valence-electron chi connectivity index (χ3n) is 2.49. The normalized spacial score (nSPS) is 10.4. The highest BCUT2D eigenvalue weighted by Crippen LogP contribution is 2.14. The predicted octanol–water partition coefficient (Wildman–Crippen LogP) is 1.59. The standard InChI is InChI=1S/C13H16N4O2/c1-2-8-15-11(18)6-7-12-16-17-13(19-12)10-5-3-4-9-14-10/h3-5,9H,2,6-8H2,1H3,(H,15,18). The number of rotatable bonds is 6. The number of hydrogen-bond acceptors (Lipinski definition) is 5. The van der Waals surface area contributed by atoms with Crippen molar-refractivity contribution in [3.63, 3.8) is 0 Å². The summed E-state index contributed by atoms with van der Waals surface area (Å²) in [6, 6.07) is 5.47. The number of carbonyl (C=O) groups excluding carboxylic acids is 1. The number of pyridine rings is 1. The molecule has 0 radical (unpaired) electrons. The molecular formula is C13H16N4O2. The molecule has 2 aromatic heterocycles. The van der Waals surface area contributed by atoms with Gasteiger partial charge in [-0.3, -0.25) is 9.78 Å². The van der Waals surface area contributed by atoms with Crippen LogP contribution >= 0.6 is 0 Å². The van der Waals surface area contributed by atoms with Crippen LogP contribution in [-0.2, 0) is 11.2 Å². The van der Waals surface area contributed by atoms with Crippen LogP contribution in [-0.4, -0.2) is 27.6 Å². The van der Waals surface area contributed by atoms with Gasteiger partial charge in [-0.05, 0) is 18.6 Å². The van der Waals surface area contributed by atoms with Crippen molar-refractivity contribution in [2.75, 3.05) is 6.54 Å². The van der Waals surface area contributed by atoms with Crippen LogP contribution < -0.4 is 5.32 Å². The zero-order valence-electron chi connectivity index (χ0n) is 10.8. The monoisotopic (exact) mass is 260 g/mol. The minimum atomic E-state index is -0.000522. The molecule has 1 N–H and O–H groups in total. The average molecular weight is 260 g/mol. The number of nitrogens with zero attached hydrogens (tertiary/aromatic N) is 3. The topological polar surface area (TPSA) is 80.9 Å². The molecule has 2 heterocycles. The SMILES string of the molecule is CCCNC(=O)CCc1nnc(-c2ccccn2)o1. The number of amides is 1. The molecule has 6 heteroatoms. The first-order valence-corrected chi connectivity index (χ1v) is 6.30. The fourth-order valence-corrected chi connectivity index (χ4v) is 1.52. The van der Waals surface area contributed by atoms with Gasteiger partial charge in [-0.2, -0.15) is 0 Å². The van der Waals surface area contributed by atoms with E-state index in [2.05, 4.69) is 20.5 Å². The third-order valence-corrected chi connectivity index (χ3v) is 2.49. The van der Waals surface area contributed by atoms with Crippen LogP contribution in [0.1, 0.15) is 25.7 Å². The molecule has 0 saturated heterocycles. The molecule has 0 saturated carbocycles. The van der Waals surface area contributed by atoms with E-state index in [9.17, 15) is 4.79 Å². The highest BCUT2D eigenvalue weighted by molar-refractivity contribution is 5.75. The Morgan fingerprint density at radius 1 is 1.37 bits per heavy atom. The summed E-state index contributed by atoms with van der Waals surface area (Å²) in [6.45, 7) is 2.71. The first kappa shape index (κ1) is 13.2. The molecule has 6 nitrogen and oxygen atoms in total. The van der Waals surface area contributed by atoms with Gasteiger partial charge < -0.3 is 9.73 Å². The maximum absolute atomic E-state index is 11.4. The van der Waals surface area contributed by atoms with Crippen LogP contribution in [0, 0.1) is 0 Å². The molecule has 2 rings (SSSR count). The van der Waals surface area contributed by atoms with Gasteiger partial charge in [0.15, 0.2) is 0 Å². The van der Waals surface area contributed by atoms with E-state index in [0.29, 0.717) is 36.9 Å². The summed E-state index contributed by atoms with van der Waals surface area (Å²) in [5.41, 5.74) is 0.636. The molecule has 0 unspecified atom stereocenters. The van der Waals surface area contributed by atoms with Crippen molar-refractivity contribution in [3.8, 4) is 11.6 Å². The van der Waals surface area contributed by atoms with Crippen molar-refractivity contribution >= 4 is 5.91 Å².